The van der Waals surface area contributed by atoms with E-state index in [-0.39, 0.29) is 17.4 Å². The summed E-state index contributed by atoms with van der Waals surface area (Å²) in [6.07, 6.45) is 3.63. The van der Waals surface area contributed by atoms with Crippen LogP contribution in [0, 0.1) is 0 Å². The van der Waals surface area contributed by atoms with Crippen molar-refractivity contribution in [3.05, 3.63) is 24.0 Å². The van der Waals surface area contributed by atoms with Crippen LogP contribution in [0.1, 0.15) is 23.3 Å². The zero-order valence-electron chi connectivity index (χ0n) is 12.1. The van der Waals surface area contributed by atoms with E-state index in [1.807, 2.05) is 4.90 Å². The topological polar surface area (TPSA) is 65.9 Å². The van der Waals surface area contributed by atoms with Crippen molar-refractivity contribution in [1.29, 1.82) is 0 Å². The van der Waals surface area contributed by atoms with Crippen molar-refractivity contribution in [2.75, 3.05) is 39.4 Å². The molecule has 6 nitrogen and oxygen atoms in total. The van der Waals surface area contributed by atoms with Gasteiger partial charge < -0.3 is 14.7 Å². The van der Waals surface area contributed by atoms with E-state index in [0.717, 1.165) is 45.7 Å². The van der Waals surface area contributed by atoms with E-state index in [1.165, 1.54) is 12.3 Å². The Morgan fingerprint density at radius 2 is 2.14 bits per heavy atom. The Hall–Kier alpha value is -1.66. The van der Waals surface area contributed by atoms with Crippen molar-refractivity contribution in [2.24, 2.45) is 0 Å². The zero-order valence-corrected chi connectivity index (χ0v) is 12.1. The first kappa shape index (κ1) is 14.3. The van der Waals surface area contributed by atoms with E-state index in [1.54, 1.807) is 6.07 Å². The number of nitrogens with zero attached hydrogens (tertiary/aromatic N) is 3. The number of aromatic hydroxyl groups is 1. The molecule has 0 spiro atoms. The lowest BCUT2D eigenvalue weighted by Crippen LogP contribution is -2.52. The predicted molar refractivity (Wildman–Crippen MR) is 77.2 cm³/mol. The molecular formula is C15H21N3O3. The Bertz CT molecular complexity index is 503. The lowest BCUT2D eigenvalue weighted by molar-refractivity contribution is -0.00133. The van der Waals surface area contributed by atoms with Crippen molar-refractivity contribution in [1.82, 2.24) is 14.8 Å². The van der Waals surface area contributed by atoms with Gasteiger partial charge in [0.15, 0.2) is 5.69 Å². The molecule has 2 aliphatic rings. The van der Waals surface area contributed by atoms with Crippen LogP contribution in [0.3, 0.4) is 0 Å². The highest BCUT2D eigenvalue weighted by atomic mass is 16.5. The number of piperidine rings is 1. The van der Waals surface area contributed by atoms with Gasteiger partial charge >= 0.3 is 0 Å². The second-order valence-electron chi connectivity index (χ2n) is 5.57. The van der Waals surface area contributed by atoms with Gasteiger partial charge in [0.1, 0.15) is 5.75 Å². The second-order valence-corrected chi connectivity index (χ2v) is 5.57. The smallest absolute Gasteiger partial charge is 0.276 e. The van der Waals surface area contributed by atoms with Crippen molar-refractivity contribution < 1.29 is 14.6 Å². The molecule has 0 aliphatic carbocycles. The molecule has 1 amide bonds. The number of carbonyl (C=O) groups excluding carboxylic acids is 1. The summed E-state index contributed by atoms with van der Waals surface area (Å²) >= 11 is 0. The highest BCUT2D eigenvalue weighted by molar-refractivity contribution is 5.94. The molecule has 2 fully saturated rings. The Morgan fingerprint density at radius 1 is 1.33 bits per heavy atom. The van der Waals surface area contributed by atoms with Crippen LogP contribution in [-0.2, 0) is 4.74 Å². The van der Waals surface area contributed by atoms with Gasteiger partial charge in [-0.25, -0.2) is 4.98 Å². The van der Waals surface area contributed by atoms with Crippen LogP contribution in [0.15, 0.2) is 18.3 Å². The molecule has 0 radical (unpaired) electrons. The number of carbonyl (C=O) groups is 1. The summed E-state index contributed by atoms with van der Waals surface area (Å²) in [4.78, 5) is 20.7. The zero-order chi connectivity index (χ0) is 14.7. The minimum absolute atomic E-state index is 0.0454. The highest BCUT2D eigenvalue weighted by Crippen LogP contribution is 2.21. The molecule has 3 heterocycles. The summed E-state index contributed by atoms with van der Waals surface area (Å²) in [5, 5.41) is 9.79. The van der Waals surface area contributed by atoms with E-state index >= 15 is 0 Å². The van der Waals surface area contributed by atoms with Crippen molar-refractivity contribution in [2.45, 2.75) is 18.9 Å². The summed E-state index contributed by atoms with van der Waals surface area (Å²) in [7, 11) is 0. The molecule has 6 heteroatoms. The molecule has 0 bridgehead atoms. The van der Waals surface area contributed by atoms with E-state index in [9.17, 15) is 9.90 Å². The normalized spacial score (nSPS) is 24.0. The van der Waals surface area contributed by atoms with Crippen LogP contribution in [0.25, 0.3) is 0 Å². The molecule has 1 atom stereocenters. The Kier molecular flexibility index (Phi) is 4.36. The highest BCUT2D eigenvalue weighted by Gasteiger charge is 2.30. The second kappa shape index (κ2) is 6.41. The quantitative estimate of drug-likeness (QED) is 0.870. The molecule has 1 aromatic rings. The molecule has 3 rings (SSSR count). The van der Waals surface area contributed by atoms with Crippen LogP contribution in [0.4, 0.5) is 0 Å². The Labute approximate surface area is 124 Å². The fourth-order valence-corrected chi connectivity index (χ4v) is 3.09. The molecule has 0 saturated carbocycles. The predicted octanol–water partition coefficient (Wildman–Crippen LogP) is 0.724. The van der Waals surface area contributed by atoms with Crippen LogP contribution in [0.5, 0.6) is 5.75 Å². The molecule has 2 aliphatic heterocycles. The maximum atomic E-state index is 12.5. The van der Waals surface area contributed by atoms with Gasteiger partial charge in [-0.05, 0) is 25.0 Å². The Morgan fingerprint density at radius 3 is 2.90 bits per heavy atom. The summed E-state index contributed by atoms with van der Waals surface area (Å²) in [6, 6.07) is 3.51. The first-order valence-corrected chi connectivity index (χ1v) is 7.51. The molecular weight excluding hydrogens is 270 g/mol. The molecule has 1 N–H and O–H groups in total. The SMILES string of the molecule is O=C(c1ncccc1O)N1CCC[C@H](N2CCOCC2)C1. The summed E-state index contributed by atoms with van der Waals surface area (Å²) in [5.41, 5.74) is 0.153. The fraction of sp³-hybridized carbons (Fsp3) is 0.600. The number of morpholine rings is 1. The van der Waals surface area contributed by atoms with Gasteiger partial charge in [0.2, 0.25) is 0 Å². The van der Waals surface area contributed by atoms with Crippen molar-refractivity contribution in [3.8, 4) is 5.75 Å². The van der Waals surface area contributed by atoms with Gasteiger partial charge in [-0.1, -0.05) is 0 Å². The first-order valence-electron chi connectivity index (χ1n) is 7.51. The number of pyridine rings is 1. The van der Waals surface area contributed by atoms with Gasteiger partial charge in [0.05, 0.1) is 13.2 Å². The minimum atomic E-state index is -0.175. The third-order valence-electron chi connectivity index (χ3n) is 4.23. The monoisotopic (exact) mass is 291 g/mol. The average Bonchev–Trinajstić information content (AvgIpc) is 2.56. The summed E-state index contributed by atoms with van der Waals surface area (Å²) in [5.74, 6) is -0.220. The van der Waals surface area contributed by atoms with Gasteiger partial charge in [-0.15, -0.1) is 0 Å². The Balaban J connectivity index is 1.68. The van der Waals surface area contributed by atoms with Gasteiger partial charge in [0.25, 0.3) is 5.91 Å². The largest absolute Gasteiger partial charge is 0.505 e. The lowest BCUT2D eigenvalue weighted by Gasteiger charge is -2.40. The third-order valence-corrected chi connectivity index (χ3v) is 4.23. The summed E-state index contributed by atoms with van der Waals surface area (Å²) < 4.78 is 5.38. The van der Waals surface area contributed by atoms with Gasteiger partial charge in [-0.3, -0.25) is 9.69 Å². The maximum absolute atomic E-state index is 12.5. The van der Waals surface area contributed by atoms with Crippen LogP contribution < -0.4 is 0 Å². The number of hydrogen-bond acceptors (Lipinski definition) is 5. The molecule has 21 heavy (non-hydrogen) atoms. The van der Waals surface area contributed by atoms with Gasteiger partial charge in [0, 0.05) is 38.4 Å². The number of ether oxygens (including phenoxy) is 1. The van der Waals surface area contributed by atoms with E-state index in [0.29, 0.717) is 12.6 Å². The molecule has 2 saturated heterocycles. The number of likely N-dealkylation sites (tertiary alicyclic amines) is 1. The molecule has 0 unspecified atom stereocenters. The van der Waals surface area contributed by atoms with Crippen LogP contribution >= 0.6 is 0 Å². The number of rotatable bonds is 2. The third kappa shape index (κ3) is 3.16. The molecule has 0 aromatic carbocycles. The number of amides is 1. The average molecular weight is 291 g/mol. The van der Waals surface area contributed by atoms with Crippen molar-refractivity contribution in [3.63, 3.8) is 0 Å². The van der Waals surface area contributed by atoms with Gasteiger partial charge in [-0.2, -0.15) is 0 Å². The standard InChI is InChI=1S/C15H21N3O3/c19-13-4-1-5-16-14(13)15(20)18-6-2-3-12(11-18)17-7-9-21-10-8-17/h1,4-5,12,19H,2-3,6-11H2/t12-/m0/s1. The lowest BCUT2D eigenvalue weighted by atomic mass is 10.0. The summed E-state index contributed by atoms with van der Waals surface area (Å²) in [6.45, 7) is 4.84. The number of hydrogen-bond donors (Lipinski definition) is 1. The van der Waals surface area contributed by atoms with E-state index in [2.05, 4.69) is 9.88 Å². The minimum Gasteiger partial charge on any atom is -0.505 e. The maximum Gasteiger partial charge on any atom is 0.276 e. The fourth-order valence-electron chi connectivity index (χ4n) is 3.09. The number of aromatic nitrogens is 1. The van der Waals surface area contributed by atoms with Crippen LogP contribution in [0.2, 0.25) is 0 Å². The first-order chi connectivity index (χ1) is 10.3. The van der Waals surface area contributed by atoms with Crippen LogP contribution in [-0.4, -0.2) is 71.2 Å². The van der Waals surface area contributed by atoms with E-state index in [4.69, 9.17) is 4.74 Å². The molecule has 1 aromatic heterocycles. The van der Waals surface area contributed by atoms with E-state index < -0.39 is 0 Å². The molecule has 114 valence electrons. The van der Waals surface area contributed by atoms with Crippen molar-refractivity contribution >= 4 is 5.91 Å².